The molecule has 0 radical (unpaired) electrons. The number of nitrogen functional groups attached to an aromatic ring is 1. The highest BCUT2D eigenvalue weighted by molar-refractivity contribution is 7.89. The zero-order valence-electron chi connectivity index (χ0n) is 11.5. The minimum atomic E-state index is -3.88. The molecular weight excluding hydrogens is 299 g/mol. The number of halogens is 1. The highest BCUT2D eigenvalue weighted by Crippen LogP contribution is 2.28. The number of aromatic nitrogens is 2. The Bertz CT molecular complexity index is 735. The van der Waals surface area contributed by atoms with Crippen LogP contribution >= 0.6 is 0 Å². The Hall–Kier alpha value is -2.13. The summed E-state index contributed by atoms with van der Waals surface area (Å²) in [6, 6.07) is 2.01. The van der Waals surface area contributed by atoms with Crippen molar-refractivity contribution in [3.05, 3.63) is 35.9 Å². The lowest BCUT2D eigenvalue weighted by molar-refractivity contribution is 0.388. The minimum Gasteiger partial charge on any atom is -0.492 e. The lowest BCUT2D eigenvalue weighted by Crippen LogP contribution is -2.23. The molecule has 0 fully saturated rings. The third-order valence-electron chi connectivity index (χ3n) is 2.78. The molecule has 0 atom stereocenters. The number of ether oxygens (including phenoxy) is 1. The second-order valence-electron chi connectivity index (χ2n) is 4.37. The average molecular weight is 314 g/mol. The molecule has 1 aromatic carbocycles. The van der Waals surface area contributed by atoms with Crippen LogP contribution in [0.1, 0.15) is 5.56 Å². The van der Waals surface area contributed by atoms with Gasteiger partial charge in [-0.3, -0.25) is 4.68 Å². The number of rotatable bonds is 5. The van der Waals surface area contributed by atoms with Crippen molar-refractivity contribution in [1.82, 2.24) is 14.5 Å². The lowest BCUT2D eigenvalue weighted by atomic mass is 10.3. The number of nitrogens with one attached hydrogen (secondary N) is 1. The second kappa shape index (κ2) is 5.70. The van der Waals surface area contributed by atoms with E-state index in [1.165, 1.54) is 13.3 Å². The Morgan fingerprint density at radius 1 is 1.48 bits per heavy atom. The van der Waals surface area contributed by atoms with Crippen molar-refractivity contribution in [3.8, 4) is 5.75 Å². The summed E-state index contributed by atoms with van der Waals surface area (Å²) in [5.74, 6) is -1.01. The molecule has 0 unspecified atom stereocenters. The van der Waals surface area contributed by atoms with E-state index in [-0.39, 0.29) is 22.9 Å². The lowest BCUT2D eigenvalue weighted by Gasteiger charge is -2.10. The molecule has 1 heterocycles. The summed E-state index contributed by atoms with van der Waals surface area (Å²) in [5.41, 5.74) is 6.17. The molecule has 0 aliphatic heterocycles. The van der Waals surface area contributed by atoms with Crippen molar-refractivity contribution in [1.29, 1.82) is 0 Å². The van der Waals surface area contributed by atoms with Gasteiger partial charge in [-0.15, -0.1) is 0 Å². The molecule has 0 saturated heterocycles. The third kappa shape index (κ3) is 3.31. The van der Waals surface area contributed by atoms with E-state index in [1.807, 2.05) is 0 Å². The van der Waals surface area contributed by atoms with Crippen LogP contribution in [0.2, 0.25) is 0 Å². The second-order valence-corrected chi connectivity index (χ2v) is 6.14. The molecule has 3 N–H and O–H groups in total. The fraction of sp³-hybridized carbons (Fsp3) is 0.250. The first-order chi connectivity index (χ1) is 9.83. The predicted octanol–water partition coefficient (Wildman–Crippen LogP) is 0.628. The van der Waals surface area contributed by atoms with E-state index in [9.17, 15) is 12.8 Å². The van der Waals surface area contributed by atoms with Crippen molar-refractivity contribution in [2.45, 2.75) is 11.4 Å². The van der Waals surface area contributed by atoms with Crippen molar-refractivity contribution < 1.29 is 17.5 Å². The average Bonchev–Trinajstić information content (AvgIpc) is 2.82. The van der Waals surface area contributed by atoms with Gasteiger partial charge in [0.05, 0.1) is 23.9 Å². The van der Waals surface area contributed by atoms with E-state index in [4.69, 9.17) is 10.5 Å². The van der Waals surface area contributed by atoms with Gasteiger partial charge in [0.2, 0.25) is 10.0 Å². The van der Waals surface area contributed by atoms with E-state index in [0.29, 0.717) is 5.56 Å². The van der Waals surface area contributed by atoms with Crippen molar-refractivity contribution in [2.24, 2.45) is 7.05 Å². The van der Waals surface area contributed by atoms with Gasteiger partial charge >= 0.3 is 0 Å². The zero-order chi connectivity index (χ0) is 15.6. The number of hydrogen-bond donors (Lipinski definition) is 2. The Morgan fingerprint density at radius 2 is 2.19 bits per heavy atom. The number of aryl methyl sites for hydroxylation is 1. The summed E-state index contributed by atoms with van der Waals surface area (Å²) in [6.07, 6.45) is 3.21. The Kier molecular flexibility index (Phi) is 4.14. The van der Waals surface area contributed by atoms with Gasteiger partial charge in [0.25, 0.3) is 0 Å². The molecule has 2 aromatic rings. The first-order valence-corrected chi connectivity index (χ1v) is 7.42. The van der Waals surface area contributed by atoms with Crippen LogP contribution < -0.4 is 15.2 Å². The summed E-state index contributed by atoms with van der Waals surface area (Å²) in [7, 11) is -0.908. The Labute approximate surface area is 121 Å². The van der Waals surface area contributed by atoms with Gasteiger partial charge in [-0.25, -0.2) is 17.5 Å². The topological polar surface area (TPSA) is 99.2 Å². The molecule has 0 spiro atoms. The summed E-state index contributed by atoms with van der Waals surface area (Å²) in [6.45, 7) is 0.0454. The van der Waals surface area contributed by atoms with Crippen LogP contribution in [0.15, 0.2) is 29.4 Å². The molecule has 0 bridgehead atoms. The largest absolute Gasteiger partial charge is 0.492 e. The van der Waals surface area contributed by atoms with E-state index >= 15 is 0 Å². The standard InChI is InChI=1S/C12H15FN4O3S/c1-17-7-8(5-15-17)6-16-21(18,19)9-3-10(13)12(20-2)11(14)4-9/h3-5,7,16H,6,14H2,1-2H3. The molecule has 0 saturated carbocycles. The molecule has 7 nitrogen and oxygen atoms in total. The van der Waals surface area contributed by atoms with Crippen molar-refractivity contribution >= 4 is 15.7 Å². The molecule has 0 aliphatic rings. The smallest absolute Gasteiger partial charge is 0.241 e. The van der Waals surface area contributed by atoms with E-state index in [2.05, 4.69) is 9.82 Å². The van der Waals surface area contributed by atoms with Crippen LogP contribution in [0.25, 0.3) is 0 Å². The van der Waals surface area contributed by atoms with Crippen LogP contribution in [-0.4, -0.2) is 25.3 Å². The molecule has 21 heavy (non-hydrogen) atoms. The number of nitrogens with zero attached hydrogens (tertiary/aromatic N) is 2. The fourth-order valence-corrected chi connectivity index (χ4v) is 2.85. The predicted molar refractivity (Wildman–Crippen MR) is 74.6 cm³/mol. The van der Waals surface area contributed by atoms with Crippen LogP contribution in [0.5, 0.6) is 5.75 Å². The Balaban J connectivity index is 2.23. The van der Waals surface area contributed by atoms with Crippen LogP contribution in [-0.2, 0) is 23.6 Å². The van der Waals surface area contributed by atoms with Gasteiger partial charge < -0.3 is 10.5 Å². The Morgan fingerprint density at radius 3 is 2.71 bits per heavy atom. The number of sulfonamides is 1. The highest BCUT2D eigenvalue weighted by Gasteiger charge is 2.19. The number of hydrogen-bond acceptors (Lipinski definition) is 5. The molecular formula is C12H15FN4O3S. The van der Waals surface area contributed by atoms with Gasteiger partial charge in [-0.1, -0.05) is 0 Å². The van der Waals surface area contributed by atoms with E-state index in [0.717, 1.165) is 12.1 Å². The number of methoxy groups -OCH3 is 1. The van der Waals surface area contributed by atoms with Crippen LogP contribution in [0.4, 0.5) is 10.1 Å². The van der Waals surface area contributed by atoms with Crippen molar-refractivity contribution in [3.63, 3.8) is 0 Å². The van der Waals surface area contributed by atoms with Crippen LogP contribution in [0.3, 0.4) is 0 Å². The molecule has 2 rings (SSSR count). The zero-order valence-corrected chi connectivity index (χ0v) is 12.3. The molecule has 0 aliphatic carbocycles. The minimum absolute atomic E-state index is 0.0454. The first kappa shape index (κ1) is 15.3. The number of anilines is 1. The summed E-state index contributed by atoms with van der Waals surface area (Å²) >= 11 is 0. The maximum absolute atomic E-state index is 13.7. The van der Waals surface area contributed by atoms with Crippen molar-refractivity contribution in [2.75, 3.05) is 12.8 Å². The van der Waals surface area contributed by atoms with Gasteiger partial charge in [0.15, 0.2) is 11.6 Å². The van der Waals surface area contributed by atoms with E-state index in [1.54, 1.807) is 17.9 Å². The third-order valence-corrected chi connectivity index (χ3v) is 4.17. The molecule has 114 valence electrons. The fourth-order valence-electron chi connectivity index (χ4n) is 1.78. The molecule has 1 aromatic heterocycles. The summed E-state index contributed by atoms with van der Waals surface area (Å²) < 4.78 is 46.6. The van der Waals surface area contributed by atoms with E-state index < -0.39 is 15.8 Å². The molecule has 0 amide bonds. The van der Waals surface area contributed by atoms with Gasteiger partial charge in [0, 0.05) is 25.4 Å². The maximum Gasteiger partial charge on any atom is 0.241 e. The number of benzene rings is 1. The van der Waals surface area contributed by atoms with Gasteiger partial charge in [0.1, 0.15) is 0 Å². The summed E-state index contributed by atoms with van der Waals surface area (Å²) in [5, 5.41) is 3.93. The first-order valence-electron chi connectivity index (χ1n) is 5.93. The quantitative estimate of drug-likeness (QED) is 0.789. The maximum atomic E-state index is 13.7. The monoisotopic (exact) mass is 314 g/mol. The van der Waals surface area contributed by atoms with Gasteiger partial charge in [-0.05, 0) is 12.1 Å². The highest BCUT2D eigenvalue weighted by atomic mass is 32.2. The van der Waals surface area contributed by atoms with Gasteiger partial charge in [-0.2, -0.15) is 5.10 Å². The van der Waals surface area contributed by atoms with Crippen LogP contribution in [0, 0.1) is 5.82 Å². The normalized spacial score (nSPS) is 11.6. The summed E-state index contributed by atoms with van der Waals surface area (Å²) in [4.78, 5) is -0.262. The number of nitrogens with two attached hydrogens (primary N) is 1. The SMILES string of the molecule is COc1c(N)cc(S(=O)(=O)NCc2cnn(C)c2)cc1F. The molecule has 9 heteroatoms.